The SMILES string of the molecule is CC[C@H](C)n1nccc1NC(=O)[C@H](C)N1CCC[C@H](NC(C)=O)C1. The maximum atomic E-state index is 12.6. The van der Waals surface area contributed by atoms with Gasteiger partial charge >= 0.3 is 0 Å². The molecular weight excluding hydrogens is 306 g/mol. The molecule has 1 saturated heterocycles. The van der Waals surface area contributed by atoms with Gasteiger partial charge in [-0.2, -0.15) is 5.10 Å². The Hall–Kier alpha value is -1.89. The molecule has 0 unspecified atom stereocenters. The molecule has 2 heterocycles. The van der Waals surface area contributed by atoms with Gasteiger partial charge in [-0.25, -0.2) is 4.68 Å². The number of likely N-dealkylation sites (tertiary alicyclic amines) is 1. The fourth-order valence-electron chi connectivity index (χ4n) is 3.10. The molecule has 0 saturated carbocycles. The molecule has 1 aromatic heterocycles. The van der Waals surface area contributed by atoms with Crippen LogP contribution in [0.5, 0.6) is 0 Å². The van der Waals surface area contributed by atoms with Crippen molar-refractivity contribution in [2.24, 2.45) is 0 Å². The first-order valence-electron chi connectivity index (χ1n) is 8.77. The topological polar surface area (TPSA) is 79.3 Å². The van der Waals surface area contributed by atoms with Gasteiger partial charge in [0, 0.05) is 25.6 Å². The predicted octanol–water partition coefficient (Wildman–Crippen LogP) is 1.78. The summed E-state index contributed by atoms with van der Waals surface area (Å²) < 4.78 is 1.85. The van der Waals surface area contributed by atoms with Gasteiger partial charge in [0.25, 0.3) is 0 Å². The second-order valence-electron chi connectivity index (χ2n) is 6.62. The van der Waals surface area contributed by atoms with Crippen molar-refractivity contribution in [2.45, 2.75) is 65.1 Å². The summed E-state index contributed by atoms with van der Waals surface area (Å²) in [6.07, 6.45) is 4.60. The number of nitrogens with one attached hydrogen (secondary N) is 2. The molecular formula is C17H29N5O2. The first-order chi connectivity index (χ1) is 11.4. The fraction of sp³-hybridized carbons (Fsp3) is 0.706. The molecule has 7 nitrogen and oxygen atoms in total. The molecule has 0 spiro atoms. The number of hydrogen-bond acceptors (Lipinski definition) is 4. The van der Waals surface area contributed by atoms with E-state index in [4.69, 9.17) is 0 Å². The number of nitrogens with zero attached hydrogens (tertiary/aromatic N) is 3. The number of aromatic nitrogens is 2. The van der Waals surface area contributed by atoms with E-state index in [9.17, 15) is 9.59 Å². The Kier molecular flexibility index (Phi) is 6.36. The largest absolute Gasteiger partial charge is 0.352 e. The fourth-order valence-corrected chi connectivity index (χ4v) is 3.10. The lowest BCUT2D eigenvalue weighted by Crippen LogP contribution is -2.52. The van der Waals surface area contributed by atoms with Crippen LogP contribution in [-0.4, -0.2) is 51.7 Å². The molecule has 7 heteroatoms. The summed E-state index contributed by atoms with van der Waals surface area (Å²) in [5.74, 6) is 0.677. The van der Waals surface area contributed by atoms with E-state index < -0.39 is 0 Å². The highest BCUT2D eigenvalue weighted by Gasteiger charge is 2.28. The van der Waals surface area contributed by atoms with Crippen LogP contribution in [0.15, 0.2) is 12.3 Å². The van der Waals surface area contributed by atoms with Crippen LogP contribution in [-0.2, 0) is 9.59 Å². The minimum atomic E-state index is -0.248. The van der Waals surface area contributed by atoms with Gasteiger partial charge < -0.3 is 10.6 Å². The lowest BCUT2D eigenvalue weighted by Gasteiger charge is -2.36. The van der Waals surface area contributed by atoms with E-state index in [1.54, 1.807) is 6.20 Å². The number of anilines is 1. The van der Waals surface area contributed by atoms with Gasteiger partial charge in [-0.05, 0) is 39.7 Å². The highest BCUT2D eigenvalue weighted by Crippen LogP contribution is 2.18. The highest BCUT2D eigenvalue weighted by molar-refractivity contribution is 5.93. The third-order valence-electron chi connectivity index (χ3n) is 4.72. The van der Waals surface area contributed by atoms with Crippen molar-refractivity contribution < 1.29 is 9.59 Å². The number of carbonyl (C=O) groups excluding carboxylic acids is 2. The van der Waals surface area contributed by atoms with Crippen LogP contribution in [0.25, 0.3) is 0 Å². The maximum absolute atomic E-state index is 12.6. The Morgan fingerprint density at radius 3 is 2.83 bits per heavy atom. The van der Waals surface area contributed by atoms with Crippen LogP contribution in [0.3, 0.4) is 0 Å². The predicted molar refractivity (Wildman–Crippen MR) is 93.7 cm³/mol. The highest BCUT2D eigenvalue weighted by atomic mass is 16.2. The summed E-state index contributed by atoms with van der Waals surface area (Å²) in [5, 5.41) is 10.2. The van der Waals surface area contributed by atoms with Crippen LogP contribution in [0.1, 0.15) is 53.0 Å². The normalized spacial score (nSPS) is 21.1. The van der Waals surface area contributed by atoms with Gasteiger partial charge in [-0.1, -0.05) is 6.92 Å². The van der Waals surface area contributed by atoms with E-state index in [-0.39, 0.29) is 29.9 Å². The molecule has 1 aliphatic heterocycles. The summed E-state index contributed by atoms with van der Waals surface area (Å²) >= 11 is 0. The standard InChI is InChI=1S/C17H29N5O2/c1-5-12(2)22-16(8-9-18-22)20-17(24)13(3)21-10-6-7-15(11-21)19-14(4)23/h8-9,12-13,15H,5-7,10-11H2,1-4H3,(H,19,23)(H,20,24)/t12-,13-,15-/m0/s1. The minimum Gasteiger partial charge on any atom is -0.352 e. The molecule has 1 fully saturated rings. The molecule has 2 N–H and O–H groups in total. The van der Waals surface area contributed by atoms with Crippen LogP contribution in [0, 0.1) is 0 Å². The molecule has 0 aliphatic carbocycles. The van der Waals surface area contributed by atoms with Gasteiger partial charge in [0.05, 0.1) is 18.3 Å². The zero-order chi connectivity index (χ0) is 17.7. The van der Waals surface area contributed by atoms with Crippen molar-refractivity contribution in [3.05, 3.63) is 12.3 Å². The van der Waals surface area contributed by atoms with E-state index in [1.807, 2.05) is 17.7 Å². The van der Waals surface area contributed by atoms with Crippen molar-refractivity contribution in [3.63, 3.8) is 0 Å². The van der Waals surface area contributed by atoms with Crippen molar-refractivity contribution in [1.82, 2.24) is 20.0 Å². The Labute approximate surface area is 143 Å². The minimum absolute atomic E-state index is 0.0172. The third-order valence-corrected chi connectivity index (χ3v) is 4.72. The monoisotopic (exact) mass is 335 g/mol. The number of hydrogen-bond donors (Lipinski definition) is 2. The first kappa shape index (κ1) is 18.4. The summed E-state index contributed by atoms with van der Waals surface area (Å²) in [7, 11) is 0. The van der Waals surface area contributed by atoms with E-state index in [0.717, 1.165) is 31.6 Å². The van der Waals surface area contributed by atoms with E-state index >= 15 is 0 Å². The molecule has 2 amide bonds. The summed E-state index contributed by atoms with van der Waals surface area (Å²) in [6, 6.07) is 1.94. The second kappa shape index (κ2) is 8.28. The smallest absolute Gasteiger partial charge is 0.242 e. The first-order valence-corrected chi connectivity index (χ1v) is 8.77. The molecule has 3 atom stereocenters. The Balaban J connectivity index is 1.97. The number of carbonyl (C=O) groups is 2. The zero-order valence-electron chi connectivity index (χ0n) is 15.1. The average Bonchev–Trinajstić information content (AvgIpc) is 3.01. The summed E-state index contributed by atoms with van der Waals surface area (Å²) in [4.78, 5) is 26.0. The van der Waals surface area contributed by atoms with Crippen LogP contribution in [0.2, 0.25) is 0 Å². The molecule has 24 heavy (non-hydrogen) atoms. The van der Waals surface area contributed by atoms with Crippen molar-refractivity contribution >= 4 is 17.6 Å². The molecule has 2 rings (SSSR count). The number of rotatable bonds is 6. The third kappa shape index (κ3) is 4.56. The van der Waals surface area contributed by atoms with Gasteiger partial charge in [0.2, 0.25) is 11.8 Å². The van der Waals surface area contributed by atoms with Crippen LogP contribution < -0.4 is 10.6 Å². The Morgan fingerprint density at radius 2 is 2.17 bits per heavy atom. The van der Waals surface area contributed by atoms with Gasteiger partial charge in [0.15, 0.2) is 0 Å². The summed E-state index contributed by atoms with van der Waals surface area (Å²) in [5.41, 5.74) is 0. The van der Waals surface area contributed by atoms with Crippen LogP contribution >= 0.6 is 0 Å². The molecule has 1 aliphatic rings. The van der Waals surface area contributed by atoms with E-state index in [2.05, 4.69) is 34.5 Å². The molecule has 0 radical (unpaired) electrons. The maximum Gasteiger partial charge on any atom is 0.242 e. The van der Waals surface area contributed by atoms with Crippen LogP contribution in [0.4, 0.5) is 5.82 Å². The average molecular weight is 335 g/mol. The molecule has 0 aromatic carbocycles. The van der Waals surface area contributed by atoms with Gasteiger partial charge in [-0.15, -0.1) is 0 Å². The molecule has 0 bridgehead atoms. The molecule has 134 valence electrons. The number of piperidine rings is 1. The second-order valence-corrected chi connectivity index (χ2v) is 6.62. The lowest BCUT2D eigenvalue weighted by molar-refractivity contribution is -0.121. The quantitative estimate of drug-likeness (QED) is 0.830. The Morgan fingerprint density at radius 1 is 1.42 bits per heavy atom. The molecule has 1 aromatic rings. The lowest BCUT2D eigenvalue weighted by atomic mass is 10.0. The summed E-state index contributed by atoms with van der Waals surface area (Å²) in [6.45, 7) is 9.19. The van der Waals surface area contributed by atoms with Gasteiger partial charge in [-0.3, -0.25) is 14.5 Å². The van der Waals surface area contributed by atoms with E-state index in [1.165, 1.54) is 6.92 Å². The van der Waals surface area contributed by atoms with Crippen molar-refractivity contribution in [3.8, 4) is 0 Å². The number of amides is 2. The van der Waals surface area contributed by atoms with Crippen molar-refractivity contribution in [1.29, 1.82) is 0 Å². The van der Waals surface area contributed by atoms with Gasteiger partial charge in [0.1, 0.15) is 5.82 Å². The van der Waals surface area contributed by atoms with E-state index in [0.29, 0.717) is 6.54 Å². The zero-order valence-corrected chi connectivity index (χ0v) is 15.1. The Bertz CT molecular complexity index is 571. The van der Waals surface area contributed by atoms with Crippen molar-refractivity contribution in [2.75, 3.05) is 18.4 Å².